The van der Waals surface area contributed by atoms with Gasteiger partial charge in [-0.05, 0) is 42.0 Å². The Labute approximate surface area is 172 Å². The molecule has 1 N–H and O–H groups in total. The first-order valence-corrected chi connectivity index (χ1v) is 9.85. The molecule has 1 atom stereocenters. The van der Waals surface area contributed by atoms with Crippen LogP contribution in [-0.2, 0) is 4.79 Å². The second kappa shape index (κ2) is 8.17. The molecule has 2 aromatic carbocycles. The normalized spacial score (nSPS) is 11.7. The van der Waals surface area contributed by atoms with Gasteiger partial charge in [0.2, 0.25) is 5.91 Å². The van der Waals surface area contributed by atoms with Gasteiger partial charge in [0, 0.05) is 12.4 Å². The number of amides is 1. The van der Waals surface area contributed by atoms with Crippen LogP contribution in [0.1, 0.15) is 23.6 Å². The largest absolute Gasteiger partial charge is 0.497 e. The van der Waals surface area contributed by atoms with Crippen LogP contribution in [0.2, 0.25) is 0 Å². The summed E-state index contributed by atoms with van der Waals surface area (Å²) in [6.07, 6.45) is 4.14. The molecular formula is C22H18N4O2S. The number of nitrogens with zero attached hydrogens (tertiary/aromatic N) is 3. The van der Waals surface area contributed by atoms with Crippen LogP contribution < -0.4 is 10.1 Å². The first-order chi connectivity index (χ1) is 14.2. The third-order valence-electron chi connectivity index (χ3n) is 4.65. The molecule has 0 radical (unpaired) electrons. The fourth-order valence-corrected chi connectivity index (χ4v) is 4.12. The summed E-state index contributed by atoms with van der Waals surface area (Å²) in [4.78, 5) is 17.2. The highest BCUT2D eigenvalue weighted by molar-refractivity contribution is 7.22. The van der Waals surface area contributed by atoms with Crippen LogP contribution in [0.3, 0.4) is 0 Å². The minimum Gasteiger partial charge on any atom is -0.497 e. The second-order valence-corrected chi connectivity index (χ2v) is 7.49. The predicted molar refractivity (Wildman–Crippen MR) is 113 cm³/mol. The zero-order valence-corrected chi connectivity index (χ0v) is 16.5. The predicted octanol–water partition coefficient (Wildman–Crippen LogP) is 4.60. The van der Waals surface area contributed by atoms with E-state index in [9.17, 15) is 10.1 Å². The number of benzene rings is 2. The second-order valence-electron chi connectivity index (χ2n) is 6.45. The standard InChI is InChI=1S/C22H18N4O2S/c1-28-17-9-7-15(8-10-17)18(26-11-2-3-12-26)13-20(27)24-22-25-21-16(14-23)5-4-6-19(21)29-22/h2-12,18H,13H2,1H3,(H,24,25,27). The van der Waals surface area contributed by atoms with Gasteiger partial charge in [-0.2, -0.15) is 5.26 Å². The molecule has 4 rings (SSSR count). The van der Waals surface area contributed by atoms with Gasteiger partial charge in [0.15, 0.2) is 5.13 Å². The Morgan fingerprint density at radius 1 is 1.21 bits per heavy atom. The van der Waals surface area contributed by atoms with Crippen molar-refractivity contribution in [3.63, 3.8) is 0 Å². The van der Waals surface area contributed by atoms with Crippen molar-refractivity contribution in [1.29, 1.82) is 5.26 Å². The molecule has 0 aliphatic carbocycles. The molecule has 7 heteroatoms. The number of hydrogen-bond acceptors (Lipinski definition) is 5. The summed E-state index contributed by atoms with van der Waals surface area (Å²) in [6.45, 7) is 0. The summed E-state index contributed by atoms with van der Waals surface area (Å²) >= 11 is 1.36. The Balaban J connectivity index is 1.56. The number of methoxy groups -OCH3 is 1. The maximum absolute atomic E-state index is 12.8. The van der Waals surface area contributed by atoms with Gasteiger partial charge in [0.1, 0.15) is 17.3 Å². The highest BCUT2D eigenvalue weighted by atomic mass is 32.1. The zero-order chi connectivity index (χ0) is 20.2. The van der Waals surface area contributed by atoms with Gasteiger partial charge in [-0.1, -0.05) is 29.5 Å². The Hall–Kier alpha value is -3.63. The molecule has 0 aliphatic heterocycles. The third-order valence-corrected chi connectivity index (χ3v) is 5.59. The minimum absolute atomic E-state index is 0.142. The van der Waals surface area contributed by atoms with Gasteiger partial charge < -0.3 is 14.6 Å². The molecular weight excluding hydrogens is 384 g/mol. The van der Waals surface area contributed by atoms with E-state index in [1.807, 2.05) is 65.5 Å². The van der Waals surface area contributed by atoms with Crippen LogP contribution >= 0.6 is 11.3 Å². The lowest BCUT2D eigenvalue weighted by Gasteiger charge is -2.19. The van der Waals surface area contributed by atoms with E-state index in [2.05, 4.69) is 16.4 Å². The van der Waals surface area contributed by atoms with E-state index in [1.165, 1.54) is 11.3 Å². The number of nitriles is 1. The van der Waals surface area contributed by atoms with Gasteiger partial charge in [-0.15, -0.1) is 0 Å². The molecule has 1 amide bonds. The van der Waals surface area contributed by atoms with E-state index in [-0.39, 0.29) is 18.4 Å². The Morgan fingerprint density at radius 3 is 2.66 bits per heavy atom. The molecule has 144 valence electrons. The molecule has 0 saturated carbocycles. The third kappa shape index (κ3) is 3.98. The number of fused-ring (bicyclic) bond motifs is 1. The molecule has 0 aliphatic rings. The van der Waals surface area contributed by atoms with Crippen molar-refractivity contribution in [1.82, 2.24) is 9.55 Å². The van der Waals surface area contributed by atoms with E-state index >= 15 is 0 Å². The molecule has 0 fully saturated rings. The summed E-state index contributed by atoms with van der Waals surface area (Å²) in [5.74, 6) is 0.629. The molecule has 2 heterocycles. The van der Waals surface area contributed by atoms with Crippen LogP contribution in [0.15, 0.2) is 67.0 Å². The monoisotopic (exact) mass is 402 g/mol. The lowest BCUT2D eigenvalue weighted by molar-refractivity contribution is -0.116. The Morgan fingerprint density at radius 2 is 1.97 bits per heavy atom. The fourth-order valence-electron chi connectivity index (χ4n) is 3.22. The van der Waals surface area contributed by atoms with Crippen molar-refractivity contribution in [2.75, 3.05) is 12.4 Å². The summed E-state index contributed by atoms with van der Waals surface area (Å²) < 4.78 is 8.11. The Bertz CT molecular complexity index is 1170. The molecule has 4 aromatic rings. The SMILES string of the molecule is COc1ccc(C(CC(=O)Nc2nc3c(C#N)cccc3s2)n2cccc2)cc1. The average molecular weight is 402 g/mol. The van der Waals surface area contributed by atoms with Crippen LogP contribution in [0.25, 0.3) is 10.2 Å². The maximum atomic E-state index is 12.8. The van der Waals surface area contributed by atoms with Gasteiger partial charge in [0.25, 0.3) is 0 Å². The summed E-state index contributed by atoms with van der Waals surface area (Å²) in [7, 11) is 1.63. The molecule has 6 nitrogen and oxygen atoms in total. The number of aromatic nitrogens is 2. The Kier molecular flexibility index (Phi) is 5.27. The minimum atomic E-state index is -0.153. The molecule has 0 spiro atoms. The van der Waals surface area contributed by atoms with E-state index in [0.717, 1.165) is 16.0 Å². The number of carbonyl (C=O) groups is 1. The van der Waals surface area contributed by atoms with Crippen molar-refractivity contribution < 1.29 is 9.53 Å². The molecule has 1 unspecified atom stereocenters. The first kappa shape index (κ1) is 18.7. The number of anilines is 1. The number of hydrogen-bond donors (Lipinski definition) is 1. The van der Waals surface area contributed by atoms with Crippen molar-refractivity contribution in [2.24, 2.45) is 0 Å². The highest BCUT2D eigenvalue weighted by Crippen LogP contribution is 2.29. The number of thiazole rings is 1. The van der Waals surface area contributed by atoms with E-state index in [4.69, 9.17) is 4.74 Å². The maximum Gasteiger partial charge on any atom is 0.228 e. The number of ether oxygens (including phenoxy) is 1. The van der Waals surface area contributed by atoms with Crippen LogP contribution in [0.5, 0.6) is 5.75 Å². The molecule has 29 heavy (non-hydrogen) atoms. The molecule has 2 aromatic heterocycles. The van der Waals surface area contributed by atoms with Crippen molar-refractivity contribution in [2.45, 2.75) is 12.5 Å². The number of rotatable bonds is 6. The molecule has 0 bridgehead atoms. The number of para-hydroxylation sites is 1. The van der Waals surface area contributed by atoms with Gasteiger partial charge >= 0.3 is 0 Å². The highest BCUT2D eigenvalue weighted by Gasteiger charge is 2.19. The zero-order valence-electron chi connectivity index (χ0n) is 15.7. The van der Waals surface area contributed by atoms with Crippen LogP contribution in [0.4, 0.5) is 5.13 Å². The van der Waals surface area contributed by atoms with Crippen molar-refractivity contribution in [3.8, 4) is 11.8 Å². The lowest BCUT2D eigenvalue weighted by Crippen LogP contribution is -2.19. The van der Waals surface area contributed by atoms with Gasteiger partial charge in [0.05, 0.1) is 29.8 Å². The quantitative estimate of drug-likeness (QED) is 0.511. The first-order valence-electron chi connectivity index (χ1n) is 9.04. The van der Waals surface area contributed by atoms with E-state index < -0.39 is 0 Å². The lowest BCUT2D eigenvalue weighted by atomic mass is 10.0. The van der Waals surface area contributed by atoms with Crippen molar-refractivity contribution >= 4 is 32.6 Å². The van der Waals surface area contributed by atoms with Gasteiger partial charge in [-0.3, -0.25) is 4.79 Å². The van der Waals surface area contributed by atoms with Crippen LogP contribution in [0, 0.1) is 11.3 Å². The fraction of sp³-hybridized carbons (Fsp3) is 0.136. The number of carbonyl (C=O) groups excluding carboxylic acids is 1. The van der Waals surface area contributed by atoms with Gasteiger partial charge in [-0.25, -0.2) is 4.98 Å². The average Bonchev–Trinajstić information content (AvgIpc) is 3.41. The summed E-state index contributed by atoms with van der Waals surface area (Å²) in [5, 5.41) is 12.6. The number of nitrogens with one attached hydrogen (secondary N) is 1. The van der Waals surface area contributed by atoms with E-state index in [1.54, 1.807) is 13.2 Å². The van der Waals surface area contributed by atoms with Crippen molar-refractivity contribution in [3.05, 3.63) is 78.1 Å². The summed E-state index contributed by atoms with van der Waals surface area (Å²) in [6, 6.07) is 19.0. The molecule has 0 saturated heterocycles. The summed E-state index contributed by atoms with van der Waals surface area (Å²) in [5.41, 5.74) is 2.13. The smallest absolute Gasteiger partial charge is 0.228 e. The van der Waals surface area contributed by atoms with Crippen LogP contribution in [-0.4, -0.2) is 22.6 Å². The van der Waals surface area contributed by atoms with E-state index in [0.29, 0.717) is 16.2 Å². The topological polar surface area (TPSA) is 79.9 Å².